The summed E-state index contributed by atoms with van der Waals surface area (Å²) in [5, 5.41) is 25.3. The molecule has 0 radical (unpaired) electrons. The highest BCUT2D eigenvalue weighted by Crippen LogP contribution is 2.44. The second-order valence-electron chi connectivity index (χ2n) is 5.50. The van der Waals surface area contributed by atoms with E-state index in [4.69, 9.17) is 11.6 Å². The van der Waals surface area contributed by atoms with Crippen LogP contribution in [0.4, 0.5) is 22.6 Å². The second kappa shape index (κ2) is 6.50. The molecule has 26 heavy (non-hydrogen) atoms. The molecule has 3 aromatic rings. The van der Waals surface area contributed by atoms with Crippen LogP contribution in [0.25, 0.3) is 5.00 Å². The van der Waals surface area contributed by atoms with Gasteiger partial charge in [0.1, 0.15) is 15.7 Å². The molecule has 2 aromatic heterocycles. The van der Waals surface area contributed by atoms with E-state index in [2.05, 4.69) is 36.7 Å². The molecule has 1 aliphatic rings. The summed E-state index contributed by atoms with van der Waals surface area (Å²) >= 11 is 7.66. The zero-order chi connectivity index (χ0) is 18.3. The van der Waals surface area contributed by atoms with Crippen molar-refractivity contribution in [3.63, 3.8) is 0 Å². The van der Waals surface area contributed by atoms with Gasteiger partial charge in [-0.05, 0) is 12.1 Å². The molecule has 0 aliphatic carbocycles. The molecule has 0 saturated carbocycles. The van der Waals surface area contributed by atoms with Crippen molar-refractivity contribution in [2.24, 2.45) is 5.10 Å². The van der Waals surface area contributed by atoms with Crippen molar-refractivity contribution in [1.82, 2.24) is 14.8 Å². The van der Waals surface area contributed by atoms with Crippen LogP contribution in [-0.4, -0.2) is 41.6 Å². The minimum Gasteiger partial charge on any atom is -0.385 e. The Labute approximate surface area is 159 Å². The predicted octanol–water partition coefficient (Wildman–Crippen LogP) is 3.29. The van der Waals surface area contributed by atoms with Crippen molar-refractivity contribution in [3.05, 3.63) is 40.4 Å². The van der Waals surface area contributed by atoms with Crippen LogP contribution in [0.2, 0.25) is 5.02 Å². The Bertz CT molecular complexity index is 989. The topological polar surface area (TPSA) is 91.2 Å². The lowest BCUT2D eigenvalue weighted by Crippen LogP contribution is -2.09. The van der Waals surface area contributed by atoms with Crippen LogP contribution in [0, 0.1) is 0 Å². The molecule has 0 amide bonds. The van der Waals surface area contributed by atoms with E-state index in [0.717, 1.165) is 32.5 Å². The van der Waals surface area contributed by atoms with Crippen LogP contribution in [0.15, 0.2) is 29.4 Å². The number of nitrogens with zero attached hydrogens (tertiary/aromatic N) is 4. The minimum absolute atomic E-state index is 0.547. The number of aromatic nitrogens is 3. The average molecular weight is 389 g/mol. The van der Waals surface area contributed by atoms with Gasteiger partial charge in [0.05, 0.1) is 11.3 Å². The Morgan fingerprint density at radius 3 is 2.46 bits per heavy atom. The molecule has 134 valence electrons. The van der Waals surface area contributed by atoms with E-state index >= 15 is 0 Å². The Kier molecular flexibility index (Phi) is 4.17. The monoisotopic (exact) mass is 388 g/mol. The first-order valence-electron chi connectivity index (χ1n) is 7.93. The molecule has 0 atom stereocenters. The van der Waals surface area contributed by atoms with Crippen molar-refractivity contribution in [2.75, 3.05) is 42.5 Å². The number of benzene rings is 1. The molecule has 1 aliphatic heterocycles. The number of halogens is 1. The number of fused-ring (bicyclic) bond motifs is 3. The fourth-order valence-electron chi connectivity index (χ4n) is 2.90. The maximum Gasteiger partial charge on any atom is 0.251 e. The van der Waals surface area contributed by atoms with E-state index in [1.54, 1.807) is 11.3 Å². The molecule has 1 aromatic carbocycles. The van der Waals surface area contributed by atoms with Gasteiger partial charge in [-0.15, -0.1) is 10.2 Å². The standard InChI is InChI=1S/C16H17ClN8S/c1-18-12-10-11(8-4-6-9(17)7-5-8)21-23-16-24-22-15(20-3)25(16)14(10)26-13(12)19-2/h4-7,18-19H,1-3H3,(H,20,22)(H,23,24). The Morgan fingerprint density at radius 2 is 1.81 bits per heavy atom. The minimum atomic E-state index is 0.547. The van der Waals surface area contributed by atoms with E-state index in [1.165, 1.54) is 0 Å². The summed E-state index contributed by atoms with van der Waals surface area (Å²) in [4.78, 5) is 0. The zero-order valence-corrected chi connectivity index (χ0v) is 16.0. The third-order valence-corrected chi connectivity index (χ3v) is 5.52. The number of thiophene rings is 1. The van der Waals surface area contributed by atoms with E-state index < -0.39 is 0 Å². The average Bonchev–Trinajstić information content (AvgIpc) is 3.19. The smallest absolute Gasteiger partial charge is 0.251 e. The van der Waals surface area contributed by atoms with Crippen molar-refractivity contribution < 1.29 is 0 Å². The molecule has 0 spiro atoms. The van der Waals surface area contributed by atoms with Crippen LogP contribution in [0.3, 0.4) is 0 Å². The molecule has 3 heterocycles. The highest BCUT2D eigenvalue weighted by atomic mass is 35.5. The van der Waals surface area contributed by atoms with E-state index in [9.17, 15) is 0 Å². The van der Waals surface area contributed by atoms with Gasteiger partial charge in [0.15, 0.2) is 0 Å². The summed E-state index contributed by atoms with van der Waals surface area (Å²) in [5.41, 5.74) is 6.70. The number of hydrogen-bond donors (Lipinski definition) is 4. The van der Waals surface area contributed by atoms with Crippen LogP contribution >= 0.6 is 22.9 Å². The van der Waals surface area contributed by atoms with Crippen LogP contribution in [0.5, 0.6) is 0 Å². The van der Waals surface area contributed by atoms with Crippen molar-refractivity contribution in [3.8, 4) is 5.00 Å². The van der Waals surface area contributed by atoms with Gasteiger partial charge in [-0.2, -0.15) is 5.10 Å². The summed E-state index contributed by atoms with van der Waals surface area (Å²) in [6.45, 7) is 0. The first-order chi connectivity index (χ1) is 12.7. The fraction of sp³-hybridized carbons (Fsp3) is 0.188. The number of anilines is 4. The maximum atomic E-state index is 6.06. The van der Waals surface area contributed by atoms with Crippen LogP contribution in [-0.2, 0) is 0 Å². The van der Waals surface area contributed by atoms with Gasteiger partial charge in [0, 0.05) is 31.7 Å². The van der Waals surface area contributed by atoms with Gasteiger partial charge in [-0.3, -0.25) is 0 Å². The normalized spacial score (nSPS) is 12.4. The molecule has 8 nitrogen and oxygen atoms in total. The molecule has 4 N–H and O–H groups in total. The molecule has 0 fully saturated rings. The Hall–Kier alpha value is -2.78. The fourth-order valence-corrected chi connectivity index (χ4v) is 4.19. The summed E-state index contributed by atoms with van der Waals surface area (Å²) in [7, 11) is 5.61. The largest absolute Gasteiger partial charge is 0.385 e. The summed E-state index contributed by atoms with van der Waals surface area (Å²) in [6.07, 6.45) is 0. The third kappa shape index (κ3) is 2.47. The molecular weight excluding hydrogens is 372 g/mol. The van der Waals surface area contributed by atoms with Gasteiger partial charge < -0.3 is 16.0 Å². The quantitative estimate of drug-likeness (QED) is 0.548. The predicted molar refractivity (Wildman–Crippen MR) is 109 cm³/mol. The molecule has 10 heteroatoms. The lowest BCUT2D eigenvalue weighted by Gasteiger charge is -2.10. The van der Waals surface area contributed by atoms with Crippen molar-refractivity contribution in [2.45, 2.75) is 0 Å². The second-order valence-corrected chi connectivity index (χ2v) is 6.93. The first-order valence-corrected chi connectivity index (χ1v) is 9.13. The van der Waals surface area contributed by atoms with Crippen molar-refractivity contribution >= 4 is 51.2 Å². The van der Waals surface area contributed by atoms with Gasteiger partial charge in [-0.25, -0.2) is 9.99 Å². The molecule has 0 saturated heterocycles. The van der Waals surface area contributed by atoms with E-state index in [1.807, 2.05) is 50.0 Å². The Morgan fingerprint density at radius 1 is 1.04 bits per heavy atom. The van der Waals surface area contributed by atoms with Crippen LogP contribution in [0.1, 0.15) is 11.1 Å². The van der Waals surface area contributed by atoms with Gasteiger partial charge in [0.25, 0.3) is 5.95 Å². The van der Waals surface area contributed by atoms with E-state index in [-0.39, 0.29) is 0 Å². The van der Waals surface area contributed by atoms with Crippen molar-refractivity contribution in [1.29, 1.82) is 0 Å². The van der Waals surface area contributed by atoms with Gasteiger partial charge in [0.2, 0.25) is 5.95 Å². The van der Waals surface area contributed by atoms with Gasteiger partial charge in [-0.1, -0.05) is 35.1 Å². The maximum absolute atomic E-state index is 6.06. The zero-order valence-electron chi connectivity index (χ0n) is 14.4. The number of hydrazone groups is 1. The highest BCUT2D eigenvalue weighted by molar-refractivity contribution is 7.19. The third-order valence-electron chi connectivity index (χ3n) is 4.08. The summed E-state index contributed by atoms with van der Waals surface area (Å²) in [6, 6.07) is 7.61. The van der Waals surface area contributed by atoms with E-state index in [0.29, 0.717) is 16.9 Å². The Balaban J connectivity index is 2.01. The molecular formula is C16H17ClN8S. The first kappa shape index (κ1) is 16.7. The SMILES string of the molecule is CNc1sc2c(c1NC)C(c1ccc(Cl)cc1)=NNc1nnc(NC)n1-2. The number of hydrogen-bond acceptors (Lipinski definition) is 8. The molecule has 0 unspecified atom stereocenters. The van der Waals surface area contributed by atoms with Gasteiger partial charge >= 0.3 is 0 Å². The number of rotatable bonds is 4. The lowest BCUT2D eigenvalue weighted by atomic mass is 10.0. The molecule has 0 bridgehead atoms. The number of nitrogens with one attached hydrogen (secondary N) is 4. The van der Waals surface area contributed by atoms with Crippen LogP contribution < -0.4 is 21.4 Å². The molecule has 4 rings (SSSR count). The highest BCUT2D eigenvalue weighted by Gasteiger charge is 2.29. The summed E-state index contributed by atoms with van der Waals surface area (Å²) in [5.74, 6) is 1.18. The summed E-state index contributed by atoms with van der Waals surface area (Å²) < 4.78 is 1.92. The lowest BCUT2D eigenvalue weighted by molar-refractivity contribution is 1.07.